The smallest absolute Gasteiger partial charge is 0.300 e. The lowest BCUT2D eigenvalue weighted by Crippen LogP contribution is -2.34. The first kappa shape index (κ1) is 20.1. The first-order chi connectivity index (χ1) is 11.4. The fourth-order valence-corrected chi connectivity index (χ4v) is 8.10. The average Bonchev–Trinajstić information content (AvgIpc) is 2.49. The molecule has 1 saturated heterocycles. The molecule has 0 unspecified atom stereocenters. The third-order valence-electron chi connectivity index (χ3n) is 4.28. The summed E-state index contributed by atoms with van der Waals surface area (Å²) in [6.07, 6.45) is 0.548. The van der Waals surface area contributed by atoms with E-state index in [9.17, 15) is 18.0 Å². The number of aryl methyl sites for hydroxylation is 1. The van der Waals surface area contributed by atoms with E-state index in [0.717, 1.165) is 5.56 Å². The molecule has 0 radical (unpaired) electrons. The largest absolute Gasteiger partial charge is 0.306 e. The van der Waals surface area contributed by atoms with E-state index in [0.29, 0.717) is 11.5 Å². The summed E-state index contributed by atoms with van der Waals surface area (Å²) in [6, 6.07) is 6.45. The number of hydrogen-bond acceptors (Lipinski definition) is 5. The minimum absolute atomic E-state index is 0.0315. The minimum atomic E-state index is -3.97. The summed E-state index contributed by atoms with van der Waals surface area (Å²) in [5, 5.41) is 0. The van der Waals surface area contributed by atoms with Gasteiger partial charge < -0.3 is 0 Å². The third kappa shape index (κ3) is 5.15. The van der Waals surface area contributed by atoms with E-state index in [1.807, 2.05) is 27.7 Å². The molecule has 1 aromatic carbocycles. The summed E-state index contributed by atoms with van der Waals surface area (Å²) in [5.41, 5.74) is 0.380. The molecule has 5 nitrogen and oxygen atoms in total. The minimum Gasteiger partial charge on any atom is -0.300 e. The molecule has 0 spiro atoms. The summed E-state index contributed by atoms with van der Waals surface area (Å²) in [5.74, 6) is 0.811. The molecule has 1 aliphatic rings. The van der Waals surface area contributed by atoms with Crippen LogP contribution in [0.1, 0.15) is 39.2 Å². The molecule has 25 heavy (non-hydrogen) atoms. The topological polar surface area (TPSA) is 77.5 Å². The molecule has 0 N–H and O–H groups in total. The molecule has 0 aliphatic carbocycles. The Balaban J connectivity index is 2.31. The Morgan fingerprint density at radius 3 is 2.12 bits per heavy atom. The van der Waals surface area contributed by atoms with Crippen molar-refractivity contribution < 1.29 is 21.6 Å². The second-order valence-electron chi connectivity index (χ2n) is 7.57. The molecule has 140 valence electrons. The number of benzene rings is 1. The van der Waals surface area contributed by atoms with Gasteiger partial charge in [0, 0.05) is 29.8 Å². The van der Waals surface area contributed by atoms with Gasteiger partial charge in [-0.2, -0.15) is 8.42 Å². The van der Waals surface area contributed by atoms with Gasteiger partial charge >= 0.3 is 10.1 Å². The summed E-state index contributed by atoms with van der Waals surface area (Å²) in [6.45, 7) is 7.31. The maximum Gasteiger partial charge on any atom is 0.306 e. The van der Waals surface area contributed by atoms with E-state index in [1.165, 1.54) is 12.1 Å². The van der Waals surface area contributed by atoms with Crippen molar-refractivity contribution in [3.63, 3.8) is 0 Å². The molecular formula is C18H26O5S2. The predicted molar refractivity (Wildman–Crippen MR) is 100 cm³/mol. The molecule has 0 amide bonds. The molecule has 0 saturated carbocycles. The zero-order valence-corrected chi connectivity index (χ0v) is 16.8. The van der Waals surface area contributed by atoms with Gasteiger partial charge in [-0.3, -0.25) is 9.59 Å². The Labute approximate surface area is 151 Å². The summed E-state index contributed by atoms with van der Waals surface area (Å²) < 4.78 is 31.2. The molecule has 1 heterocycles. The Kier molecular flexibility index (Phi) is 5.81. The van der Waals surface area contributed by atoms with Gasteiger partial charge in [-0.05, 0) is 19.1 Å². The van der Waals surface area contributed by atoms with E-state index < -0.39 is 25.8 Å². The van der Waals surface area contributed by atoms with Gasteiger partial charge in [-0.25, -0.2) is 3.63 Å². The number of rotatable bonds is 5. The highest BCUT2D eigenvalue weighted by molar-refractivity contribution is 8.33. The van der Waals surface area contributed by atoms with Crippen molar-refractivity contribution in [2.24, 2.45) is 5.41 Å². The Morgan fingerprint density at radius 1 is 1.12 bits per heavy atom. The molecule has 1 fully saturated rings. The van der Waals surface area contributed by atoms with Crippen LogP contribution in [0.25, 0.3) is 0 Å². The van der Waals surface area contributed by atoms with Crippen LogP contribution in [0.5, 0.6) is 0 Å². The van der Waals surface area contributed by atoms with E-state index in [4.69, 9.17) is 3.63 Å². The summed E-state index contributed by atoms with van der Waals surface area (Å²) >= 11 is 0. The van der Waals surface area contributed by atoms with Crippen LogP contribution < -0.4 is 0 Å². The van der Waals surface area contributed by atoms with Crippen LogP contribution in [0.4, 0.5) is 0 Å². The van der Waals surface area contributed by atoms with Crippen LogP contribution in [-0.2, 0) is 23.3 Å². The van der Waals surface area contributed by atoms with Gasteiger partial charge in [0.2, 0.25) is 0 Å². The van der Waals surface area contributed by atoms with Crippen LogP contribution in [0.15, 0.2) is 29.2 Å². The molecule has 0 aromatic heterocycles. The lowest BCUT2D eigenvalue weighted by Gasteiger charge is -2.41. The van der Waals surface area contributed by atoms with Crippen molar-refractivity contribution in [3.8, 4) is 0 Å². The molecule has 0 bridgehead atoms. The summed E-state index contributed by atoms with van der Waals surface area (Å²) in [7, 11) is -6.16. The zero-order chi connectivity index (χ0) is 18.9. The highest BCUT2D eigenvalue weighted by atomic mass is 32.3. The highest BCUT2D eigenvalue weighted by Crippen LogP contribution is 2.55. The third-order valence-corrected chi connectivity index (χ3v) is 9.69. The monoisotopic (exact) mass is 386 g/mol. The predicted octanol–water partition coefficient (Wildman–Crippen LogP) is 3.40. The Hall–Kier alpha value is -1.18. The standard InChI is InChI=1S/C18H26O5S2/c1-14-5-7-16(8-6-14)25(21,22)23-24(11-9-15(19)10-12-24)13-17(20)18(2,3)4/h5-8H,9-13H2,1-4H3. The number of ketones is 2. The van der Waals surface area contributed by atoms with Crippen LogP contribution in [-0.4, -0.2) is 37.2 Å². The SMILES string of the molecule is Cc1ccc(S(=O)(=O)OS2(CC(=O)C(C)(C)C)CCC(=O)CC2)cc1. The molecular weight excluding hydrogens is 360 g/mol. The van der Waals surface area contributed by atoms with Crippen LogP contribution in [0, 0.1) is 12.3 Å². The lowest BCUT2D eigenvalue weighted by atomic mass is 9.92. The van der Waals surface area contributed by atoms with Crippen molar-refractivity contribution in [1.29, 1.82) is 0 Å². The average molecular weight is 387 g/mol. The van der Waals surface area contributed by atoms with Gasteiger partial charge in [0.05, 0.1) is 10.6 Å². The number of carbonyl (C=O) groups excluding carboxylic acids is 2. The molecule has 7 heteroatoms. The van der Waals surface area contributed by atoms with Crippen molar-refractivity contribution in [2.75, 3.05) is 17.3 Å². The second kappa shape index (κ2) is 7.21. The fourth-order valence-electron chi connectivity index (χ4n) is 2.45. The van der Waals surface area contributed by atoms with E-state index in [2.05, 4.69) is 0 Å². The maximum absolute atomic E-state index is 12.7. The van der Waals surface area contributed by atoms with Gasteiger partial charge in [0.25, 0.3) is 0 Å². The lowest BCUT2D eigenvalue weighted by molar-refractivity contribution is -0.123. The summed E-state index contributed by atoms with van der Waals surface area (Å²) in [4.78, 5) is 24.3. The number of carbonyl (C=O) groups is 2. The first-order valence-corrected chi connectivity index (χ1v) is 11.8. The highest BCUT2D eigenvalue weighted by Gasteiger charge is 2.39. The van der Waals surface area contributed by atoms with Gasteiger partial charge in [0.15, 0.2) is 0 Å². The molecule has 0 atom stereocenters. The normalized spacial score (nSPS) is 19.4. The fraction of sp³-hybridized carbons (Fsp3) is 0.556. The van der Waals surface area contributed by atoms with Gasteiger partial charge in [0.1, 0.15) is 11.6 Å². The second-order valence-corrected chi connectivity index (χ2v) is 12.5. The molecule has 1 aliphatic heterocycles. The number of Topliss-reactive ketones (excluding diaryl/α,β-unsaturated/α-hetero) is 2. The van der Waals surface area contributed by atoms with E-state index in [-0.39, 0.29) is 35.1 Å². The first-order valence-electron chi connectivity index (χ1n) is 8.28. The van der Waals surface area contributed by atoms with E-state index >= 15 is 0 Å². The molecule has 1 aromatic rings. The van der Waals surface area contributed by atoms with Gasteiger partial charge in [-0.15, -0.1) is 10.3 Å². The van der Waals surface area contributed by atoms with Crippen LogP contribution in [0.2, 0.25) is 0 Å². The van der Waals surface area contributed by atoms with E-state index in [1.54, 1.807) is 12.1 Å². The zero-order valence-electron chi connectivity index (χ0n) is 15.2. The van der Waals surface area contributed by atoms with Crippen molar-refractivity contribution in [2.45, 2.75) is 45.4 Å². The van der Waals surface area contributed by atoms with Crippen molar-refractivity contribution >= 4 is 32.0 Å². The quantitative estimate of drug-likeness (QED) is 0.775. The van der Waals surface area contributed by atoms with Gasteiger partial charge in [-0.1, -0.05) is 38.5 Å². The maximum atomic E-state index is 12.7. The number of hydrogen-bond donors (Lipinski definition) is 0. The molecule has 2 rings (SSSR count). The van der Waals surface area contributed by atoms with Crippen molar-refractivity contribution in [1.82, 2.24) is 0 Å². The van der Waals surface area contributed by atoms with Crippen molar-refractivity contribution in [3.05, 3.63) is 29.8 Å². The Morgan fingerprint density at radius 2 is 1.64 bits per heavy atom. The Bertz CT molecular complexity index is 748. The van der Waals surface area contributed by atoms with Crippen LogP contribution in [0.3, 0.4) is 0 Å². The van der Waals surface area contributed by atoms with Crippen LogP contribution >= 0.6 is 10.3 Å².